The van der Waals surface area contributed by atoms with Gasteiger partial charge in [0.05, 0.1) is 25.3 Å². The fourth-order valence-electron chi connectivity index (χ4n) is 4.07. The summed E-state index contributed by atoms with van der Waals surface area (Å²) in [4.78, 5) is 10.5. The number of alkyl halides is 3. The summed E-state index contributed by atoms with van der Waals surface area (Å²) in [6, 6.07) is 10.4. The van der Waals surface area contributed by atoms with Gasteiger partial charge in [-0.2, -0.15) is 13.2 Å². The van der Waals surface area contributed by atoms with Gasteiger partial charge >= 0.3 is 6.18 Å². The van der Waals surface area contributed by atoms with Gasteiger partial charge in [-0.05, 0) is 57.9 Å². The first-order valence-corrected chi connectivity index (χ1v) is 13.6. The topological polar surface area (TPSA) is 80.0 Å². The lowest BCUT2D eigenvalue weighted by Crippen LogP contribution is -2.36. The molecule has 5 rings (SSSR count). The van der Waals surface area contributed by atoms with Gasteiger partial charge in [0.25, 0.3) is 10.0 Å². The number of pyridine rings is 2. The number of rotatable bonds is 6. The maximum atomic E-state index is 14.3. The van der Waals surface area contributed by atoms with Crippen LogP contribution in [0.4, 0.5) is 29.2 Å². The fraction of sp³-hybridized carbons (Fsp3) is 0.250. The van der Waals surface area contributed by atoms with Gasteiger partial charge in [-0.15, -0.1) is 0 Å². The smallest absolute Gasteiger partial charge is 0.378 e. The summed E-state index contributed by atoms with van der Waals surface area (Å²) in [7, 11) is -4.34. The molecule has 1 aromatic carbocycles. The lowest BCUT2D eigenvalue weighted by molar-refractivity contribution is -0.140. The van der Waals surface area contributed by atoms with Crippen molar-refractivity contribution in [3.8, 4) is 0 Å². The van der Waals surface area contributed by atoms with E-state index in [1.165, 1.54) is 12.3 Å². The molecule has 3 aromatic heterocycles. The molecule has 4 aromatic rings. The molecule has 0 atom stereocenters. The largest absolute Gasteiger partial charge is 0.419 e. The van der Waals surface area contributed by atoms with Gasteiger partial charge in [0.2, 0.25) is 0 Å². The minimum Gasteiger partial charge on any atom is -0.378 e. The zero-order chi connectivity index (χ0) is 27.1. The average molecular weight is 614 g/mol. The Balaban J connectivity index is 1.56. The van der Waals surface area contributed by atoms with E-state index in [2.05, 4.69) is 25.9 Å². The maximum Gasteiger partial charge on any atom is 0.419 e. The van der Waals surface area contributed by atoms with Crippen LogP contribution in [0, 0.1) is 5.82 Å². The summed E-state index contributed by atoms with van der Waals surface area (Å²) in [6.45, 7) is 1.80. The maximum absolute atomic E-state index is 14.3. The molecule has 0 aliphatic carbocycles. The van der Waals surface area contributed by atoms with E-state index in [0.717, 1.165) is 10.4 Å². The number of imidazole rings is 1. The normalized spacial score (nSPS) is 14.7. The second kappa shape index (κ2) is 10.2. The number of halogens is 5. The molecule has 1 aliphatic rings. The second-order valence-corrected chi connectivity index (χ2v) is 11.0. The van der Waals surface area contributed by atoms with E-state index in [1.807, 2.05) is 4.90 Å². The monoisotopic (exact) mass is 613 g/mol. The van der Waals surface area contributed by atoms with E-state index in [9.17, 15) is 26.0 Å². The van der Waals surface area contributed by atoms with Crippen LogP contribution < -0.4 is 9.21 Å². The van der Waals surface area contributed by atoms with E-state index in [-0.39, 0.29) is 16.3 Å². The first-order valence-electron chi connectivity index (χ1n) is 11.4. The number of sulfonamides is 1. The summed E-state index contributed by atoms with van der Waals surface area (Å²) in [5.74, 6) is -0.941. The Kier molecular flexibility index (Phi) is 7.05. The van der Waals surface area contributed by atoms with Crippen LogP contribution in [-0.4, -0.2) is 49.1 Å². The summed E-state index contributed by atoms with van der Waals surface area (Å²) < 4.78 is 89.5. The van der Waals surface area contributed by atoms with Crippen LogP contribution >= 0.6 is 15.9 Å². The van der Waals surface area contributed by atoms with Crippen LogP contribution in [0.15, 0.2) is 70.4 Å². The molecule has 1 saturated heterocycles. The van der Waals surface area contributed by atoms with Gasteiger partial charge in [0.15, 0.2) is 5.82 Å². The number of hydrogen-bond acceptors (Lipinski definition) is 6. The molecule has 0 unspecified atom stereocenters. The van der Waals surface area contributed by atoms with E-state index < -0.39 is 34.1 Å². The Hall–Kier alpha value is -3.23. The summed E-state index contributed by atoms with van der Waals surface area (Å²) >= 11 is 3.38. The van der Waals surface area contributed by atoms with E-state index in [0.29, 0.717) is 54.5 Å². The molecule has 38 heavy (non-hydrogen) atoms. The van der Waals surface area contributed by atoms with Gasteiger partial charge in [0.1, 0.15) is 26.8 Å². The minimum atomic E-state index is -4.88. The summed E-state index contributed by atoms with van der Waals surface area (Å²) in [5, 5.41) is 0. The molecule has 0 saturated carbocycles. The molecule has 200 valence electrons. The van der Waals surface area contributed by atoms with E-state index in [4.69, 9.17) is 4.74 Å². The molecule has 8 nitrogen and oxygen atoms in total. The predicted octanol–water partition coefficient (Wildman–Crippen LogP) is 4.88. The van der Waals surface area contributed by atoms with Crippen LogP contribution in [0.2, 0.25) is 0 Å². The second-order valence-electron chi connectivity index (χ2n) is 8.43. The number of nitrogens with zero attached hydrogens (tertiary/aromatic N) is 5. The molecular weight excluding hydrogens is 594 g/mol. The number of morpholine rings is 1. The number of anilines is 2. The predicted molar refractivity (Wildman–Crippen MR) is 135 cm³/mol. The Labute approximate surface area is 223 Å². The SMILES string of the molecule is O=S(=O)(c1ccc(N2CCOCC2)nc1)N(Cc1ccc(C(F)(F)F)c(F)c1)c1nc2ccccn2c1Br. The van der Waals surface area contributed by atoms with Crippen molar-refractivity contribution in [1.29, 1.82) is 0 Å². The molecule has 14 heteroatoms. The first-order chi connectivity index (χ1) is 18.1. The fourth-order valence-corrected chi connectivity index (χ4v) is 6.14. The van der Waals surface area contributed by atoms with Crippen molar-refractivity contribution in [3.05, 3.63) is 82.5 Å². The molecule has 0 radical (unpaired) electrons. The van der Waals surface area contributed by atoms with Crippen molar-refractivity contribution < 1.29 is 30.7 Å². The third-order valence-corrected chi connectivity index (χ3v) is 8.46. The minimum absolute atomic E-state index is 0.000859. The first kappa shape index (κ1) is 26.4. The van der Waals surface area contributed by atoms with Crippen LogP contribution in [0.1, 0.15) is 11.1 Å². The van der Waals surface area contributed by atoms with Gasteiger partial charge in [-0.25, -0.2) is 27.1 Å². The standard InChI is InChI=1S/C24H20BrF4N5O3S/c25-22-23(31-21-3-1-2-8-33(21)22)34(15-16-4-6-18(19(26)13-16)24(27,28)29)38(35,36)17-5-7-20(30-14-17)32-9-11-37-12-10-32/h1-8,13-14H,9-12,15H2. The van der Waals surface area contributed by atoms with E-state index >= 15 is 0 Å². The Bertz CT molecular complexity index is 1570. The van der Waals surface area contributed by atoms with Crippen LogP contribution in [0.3, 0.4) is 0 Å². The van der Waals surface area contributed by atoms with Gasteiger partial charge in [-0.1, -0.05) is 12.1 Å². The van der Waals surface area contributed by atoms with Gasteiger partial charge < -0.3 is 9.64 Å². The number of hydrogen-bond donors (Lipinski definition) is 0. The highest BCUT2D eigenvalue weighted by Gasteiger charge is 2.35. The summed E-state index contributed by atoms with van der Waals surface area (Å²) in [6.07, 6.45) is -2.01. The van der Waals surface area contributed by atoms with Crippen molar-refractivity contribution in [2.45, 2.75) is 17.6 Å². The Morgan fingerprint density at radius 3 is 2.47 bits per heavy atom. The van der Waals surface area contributed by atoms with E-state index in [1.54, 1.807) is 34.9 Å². The van der Waals surface area contributed by atoms with Crippen LogP contribution in [-0.2, 0) is 27.5 Å². The van der Waals surface area contributed by atoms with Crippen molar-refractivity contribution in [2.24, 2.45) is 0 Å². The highest BCUT2D eigenvalue weighted by Crippen LogP contribution is 2.35. The summed E-state index contributed by atoms with van der Waals surface area (Å²) in [5.41, 5.74) is -1.01. The van der Waals surface area contributed by atoms with Crippen LogP contribution in [0.5, 0.6) is 0 Å². The molecular formula is C24H20BrF4N5O3S. The lowest BCUT2D eigenvalue weighted by atomic mass is 10.1. The third-order valence-electron chi connectivity index (χ3n) is 6.00. The lowest BCUT2D eigenvalue weighted by Gasteiger charge is -2.28. The molecule has 0 N–H and O–H groups in total. The molecule has 0 amide bonds. The highest BCUT2D eigenvalue weighted by atomic mass is 79.9. The number of fused-ring (bicyclic) bond motifs is 1. The van der Waals surface area contributed by atoms with Gasteiger partial charge in [0, 0.05) is 25.5 Å². The third kappa shape index (κ3) is 5.07. The zero-order valence-corrected chi connectivity index (χ0v) is 22.0. The molecule has 1 fully saturated rings. The zero-order valence-electron chi connectivity index (χ0n) is 19.6. The van der Waals surface area contributed by atoms with Crippen molar-refractivity contribution in [2.75, 3.05) is 35.5 Å². The molecule has 0 spiro atoms. The van der Waals surface area contributed by atoms with Crippen molar-refractivity contribution in [3.63, 3.8) is 0 Å². The highest BCUT2D eigenvalue weighted by molar-refractivity contribution is 9.10. The molecule has 0 bridgehead atoms. The molecule has 4 heterocycles. The Morgan fingerprint density at radius 1 is 1.08 bits per heavy atom. The number of benzene rings is 1. The molecule has 1 aliphatic heterocycles. The van der Waals surface area contributed by atoms with Crippen LogP contribution in [0.25, 0.3) is 5.65 Å². The van der Waals surface area contributed by atoms with Crippen molar-refractivity contribution >= 4 is 43.2 Å². The Morgan fingerprint density at radius 2 is 1.84 bits per heavy atom. The number of ether oxygens (including phenoxy) is 1. The van der Waals surface area contributed by atoms with Gasteiger partial charge in [-0.3, -0.25) is 4.40 Å². The van der Waals surface area contributed by atoms with Crippen molar-refractivity contribution in [1.82, 2.24) is 14.4 Å². The average Bonchev–Trinajstić information content (AvgIpc) is 3.23. The number of aromatic nitrogens is 3. The quantitative estimate of drug-likeness (QED) is 0.288.